The van der Waals surface area contributed by atoms with Crippen molar-refractivity contribution in [1.29, 1.82) is 0 Å². The van der Waals surface area contributed by atoms with Crippen molar-refractivity contribution in [3.8, 4) is 5.75 Å². The molecule has 4 nitrogen and oxygen atoms in total. The summed E-state index contributed by atoms with van der Waals surface area (Å²) in [5, 5.41) is 0.368. The highest BCUT2D eigenvalue weighted by Gasteiger charge is 2.31. The molecule has 0 saturated carbocycles. The SMILES string of the molecule is CCCCOc1c(CN)n(CC(C)(C)C)c(=O)c2ccc(C(F)(F)F)cc12.Cl. The Morgan fingerprint density at radius 1 is 1.14 bits per heavy atom. The number of nitrogens with zero attached hydrogens (tertiary/aromatic N) is 1. The van der Waals surface area contributed by atoms with Gasteiger partial charge >= 0.3 is 6.18 Å². The molecule has 158 valence electrons. The maximum absolute atomic E-state index is 13.2. The van der Waals surface area contributed by atoms with Crippen LogP contribution in [0.2, 0.25) is 0 Å². The van der Waals surface area contributed by atoms with Crippen LogP contribution in [0, 0.1) is 5.41 Å². The first kappa shape index (κ1) is 24.3. The second-order valence-corrected chi connectivity index (χ2v) is 7.89. The molecule has 2 N–H and O–H groups in total. The zero-order valence-corrected chi connectivity index (χ0v) is 17.5. The molecule has 0 radical (unpaired) electrons. The summed E-state index contributed by atoms with van der Waals surface area (Å²) in [6, 6.07) is 3.15. The number of rotatable bonds is 6. The number of alkyl halides is 3. The Bertz CT molecular complexity index is 871. The van der Waals surface area contributed by atoms with Crippen LogP contribution in [0.1, 0.15) is 51.8 Å². The Kier molecular flexibility index (Phi) is 7.97. The number of benzene rings is 1. The van der Waals surface area contributed by atoms with Crippen molar-refractivity contribution in [3.05, 3.63) is 39.8 Å². The summed E-state index contributed by atoms with van der Waals surface area (Å²) < 4.78 is 47.0. The van der Waals surface area contributed by atoms with E-state index in [1.54, 1.807) is 0 Å². The van der Waals surface area contributed by atoms with Crippen molar-refractivity contribution >= 4 is 23.2 Å². The van der Waals surface area contributed by atoms with Gasteiger partial charge < -0.3 is 15.0 Å². The van der Waals surface area contributed by atoms with E-state index in [4.69, 9.17) is 10.5 Å². The summed E-state index contributed by atoms with van der Waals surface area (Å²) in [5.41, 5.74) is 4.95. The molecule has 0 atom stereocenters. The van der Waals surface area contributed by atoms with Gasteiger partial charge in [-0.15, -0.1) is 12.4 Å². The van der Waals surface area contributed by atoms with Gasteiger partial charge in [-0.1, -0.05) is 34.1 Å². The van der Waals surface area contributed by atoms with Crippen molar-refractivity contribution in [2.24, 2.45) is 11.1 Å². The Hall–Kier alpha value is -1.73. The van der Waals surface area contributed by atoms with E-state index in [1.807, 2.05) is 27.7 Å². The Morgan fingerprint density at radius 3 is 2.29 bits per heavy atom. The van der Waals surface area contributed by atoms with Crippen LogP contribution < -0.4 is 16.0 Å². The first-order valence-electron chi connectivity index (χ1n) is 9.09. The molecule has 0 aliphatic carbocycles. The first-order valence-corrected chi connectivity index (χ1v) is 9.09. The van der Waals surface area contributed by atoms with E-state index in [2.05, 4.69) is 0 Å². The second kappa shape index (κ2) is 9.18. The summed E-state index contributed by atoms with van der Waals surface area (Å²) in [6.45, 7) is 8.67. The van der Waals surface area contributed by atoms with Crippen LogP contribution in [0.15, 0.2) is 23.0 Å². The molecule has 2 aromatic rings. The smallest absolute Gasteiger partial charge is 0.416 e. The largest absolute Gasteiger partial charge is 0.491 e. The van der Waals surface area contributed by atoms with Crippen LogP contribution in [-0.4, -0.2) is 11.2 Å². The predicted molar refractivity (Wildman–Crippen MR) is 108 cm³/mol. The maximum Gasteiger partial charge on any atom is 0.416 e. The van der Waals surface area contributed by atoms with Crippen molar-refractivity contribution in [2.75, 3.05) is 6.61 Å². The van der Waals surface area contributed by atoms with Crippen LogP contribution in [0.4, 0.5) is 13.2 Å². The van der Waals surface area contributed by atoms with Gasteiger partial charge in [0.15, 0.2) is 0 Å². The lowest BCUT2D eigenvalue weighted by atomic mass is 9.96. The normalized spacial score (nSPS) is 12.1. The fraction of sp³-hybridized carbons (Fsp3) is 0.550. The number of hydrogen-bond acceptors (Lipinski definition) is 3. The van der Waals surface area contributed by atoms with Crippen molar-refractivity contribution in [1.82, 2.24) is 4.57 Å². The van der Waals surface area contributed by atoms with Crippen molar-refractivity contribution in [3.63, 3.8) is 0 Å². The summed E-state index contributed by atoms with van der Waals surface area (Å²) in [6.07, 6.45) is -2.87. The number of ether oxygens (including phenoxy) is 1. The maximum atomic E-state index is 13.2. The second-order valence-electron chi connectivity index (χ2n) is 7.89. The van der Waals surface area contributed by atoms with Gasteiger partial charge in [0.2, 0.25) is 0 Å². The lowest BCUT2D eigenvalue weighted by Crippen LogP contribution is -2.31. The minimum Gasteiger partial charge on any atom is -0.491 e. The minimum atomic E-state index is -4.50. The highest BCUT2D eigenvalue weighted by Crippen LogP contribution is 2.35. The van der Waals surface area contributed by atoms with Crippen LogP contribution in [0.3, 0.4) is 0 Å². The van der Waals surface area contributed by atoms with Gasteiger partial charge in [-0.25, -0.2) is 0 Å². The summed E-state index contributed by atoms with van der Waals surface area (Å²) in [4.78, 5) is 13.0. The number of pyridine rings is 1. The van der Waals surface area contributed by atoms with Crippen molar-refractivity contribution < 1.29 is 17.9 Å². The Balaban J connectivity index is 0.00000392. The number of nitrogens with two attached hydrogens (primary N) is 1. The van der Waals surface area contributed by atoms with Gasteiger partial charge in [0.05, 0.1) is 23.3 Å². The molecule has 0 bridgehead atoms. The van der Waals surface area contributed by atoms with E-state index in [9.17, 15) is 18.0 Å². The van der Waals surface area contributed by atoms with Gasteiger partial charge in [-0.05, 0) is 30.0 Å². The number of aromatic nitrogens is 1. The molecule has 1 heterocycles. The molecule has 1 aromatic carbocycles. The van der Waals surface area contributed by atoms with Crippen LogP contribution in [0.25, 0.3) is 10.8 Å². The van der Waals surface area contributed by atoms with E-state index in [1.165, 1.54) is 10.6 Å². The summed E-state index contributed by atoms with van der Waals surface area (Å²) in [5.74, 6) is 0.274. The molecule has 0 aliphatic rings. The quantitative estimate of drug-likeness (QED) is 0.659. The van der Waals surface area contributed by atoms with E-state index in [-0.39, 0.29) is 46.4 Å². The highest BCUT2D eigenvalue weighted by molar-refractivity contribution is 5.89. The van der Waals surface area contributed by atoms with Gasteiger partial charge in [0.25, 0.3) is 5.56 Å². The molecule has 0 unspecified atom stereocenters. The topological polar surface area (TPSA) is 57.2 Å². The molecule has 1 aromatic heterocycles. The third-order valence-electron chi connectivity index (χ3n) is 4.23. The molecule has 0 saturated heterocycles. The van der Waals surface area contributed by atoms with Crippen LogP contribution in [-0.2, 0) is 19.3 Å². The lowest BCUT2D eigenvalue weighted by molar-refractivity contribution is -0.137. The molecule has 8 heteroatoms. The monoisotopic (exact) mass is 420 g/mol. The molecule has 0 aliphatic heterocycles. The average Bonchev–Trinajstić information content (AvgIpc) is 2.56. The predicted octanol–water partition coefficient (Wildman–Crippen LogP) is 5.13. The van der Waals surface area contributed by atoms with Gasteiger partial charge in [-0.3, -0.25) is 4.79 Å². The third kappa shape index (κ3) is 5.41. The van der Waals surface area contributed by atoms with E-state index in [0.29, 0.717) is 18.8 Å². The summed E-state index contributed by atoms with van der Waals surface area (Å²) in [7, 11) is 0. The standard InChI is InChI=1S/C20H27F3N2O2.ClH/c1-5-6-9-27-17-15-10-13(20(21,22)23)7-8-14(15)18(26)25(16(17)11-24)12-19(2,3)4;/h7-8,10H,5-6,9,11-12,24H2,1-4H3;1H. The van der Waals surface area contributed by atoms with E-state index in [0.717, 1.165) is 25.0 Å². The number of halogens is 4. The molecule has 28 heavy (non-hydrogen) atoms. The fourth-order valence-electron chi connectivity index (χ4n) is 2.97. The zero-order valence-electron chi connectivity index (χ0n) is 16.7. The van der Waals surface area contributed by atoms with Crippen LogP contribution in [0.5, 0.6) is 5.75 Å². The van der Waals surface area contributed by atoms with E-state index >= 15 is 0 Å². The number of hydrogen-bond donors (Lipinski definition) is 1. The Labute approximate surface area is 169 Å². The molecular weight excluding hydrogens is 393 g/mol. The Morgan fingerprint density at radius 2 is 1.79 bits per heavy atom. The van der Waals surface area contributed by atoms with Gasteiger partial charge in [0, 0.05) is 18.5 Å². The molecular formula is C20H28ClF3N2O2. The van der Waals surface area contributed by atoms with Crippen molar-refractivity contribution in [2.45, 2.75) is 59.8 Å². The number of unbranched alkanes of at least 4 members (excludes halogenated alkanes) is 1. The zero-order chi connectivity index (χ0) is 20.4. The highest BCUT2D eigenvalue weighted by atomic mass is 35.5. The number of fused-ring (bicyclic) bond motifs is 1. The summed E-state index contributed by atoms with van der Waals surface area (Å²) >= 11 is 0. The fourth-order valence-corrected chi connectivity index (χ4v) is 2.97. The van der Waals surface area contributed by atoms with Gasteiger partial charge in [-0.2, -0.15) is 13.2 Å². The van der Waals surface area contributed by atoms with Gasteiger partial charge in [0.1, 0.15) is 5.75 Å². The van der Waals surface area contributed by atoms with E-state index < -0.39 is 11.7 Å². The van der Waals surface area contributed by atoms with Crippen LogP contribution >= 0.6 is 12.4 Å². The lowest BCUT2D eigenvalue weighted by Gasteiger charge is -2.25. The molecule has 0 fully saturated rings. The molecule has 2 rings (SSSR count). The third-order valence-corrected chi connectivity index (χ3v) is 4.23. The first-order chi connectivity index (χ1) is 12.5. The minimum absolute atomic E-state index is 0. The molecule has 0 amide bonds. The molecule has 0 spiro atoms. The average molecular weight is 421 g/mol.